The number of halogens is 1. The van der Waals surface area contributed by atoms with Gasteiger partial charge >= 0.3 is 5.97 Å². The van der Waals surface area contributed by atoms with E-state index in [1.165, 1.54) is 18.4 Å². The number of carbonyl (C=O) groups excluding carboxylic acids is 1. The number of methoxy groups -OCH3 is 2. The third kappa shape index (κ3) is 2.47. The molecule has 0 bridgehead atoms. The van der Waals surface area contributed by atoms with Crippen LogP contribution in [0.25, 0.3) is 10.4 Å². The lowest BCUT2D eigenvalue weighted by Gasteiger charge is -2.02. The van der Waals surface area contributed by atoms with Crippen molar-refractivity contribution in [1.29, 1.82) is 0 Å². The first kappa shape index (κ1) is 12.9. The first-order valence-corrected chi connectivity index (χ1v) is 6.24. The van der Waals surface area contributed by atoms with Crippen LogP contribution in [0.2, 0.25) is 4.47 Å². The molecule has 0 aliphatic rings. The van der Waals surface area contributed by atoms with Gasteiger partial charge in [-0.25, -0.2) is 9.78 Å². The van der Waals surface area contributed by atoms with Gasteiger partial charge < -0.3 is 9.47 Å². The van der Waals surface area contributed by atoms with Gasteiger partial charge in [-0.15, -0.1) is 11.3 Å². The van der Waals surface area contributed by atoms with Crippen molar-refractivity contribution in [3.63, 3.8) is 0 Å². The molecule has 0 amide bonds. The quantitative estimate of drug-likeness (QED) is 0.811. The predicted molar refractivity (Wildman–Crippen MR) is 70.5 cm³/mol. The van der Waals surface area contributed by atoms with Crippen LogP contribution in [-0.4, -0.2) is 25.2 Å². The molecule has 0 unspecified atom stereocenters. The Bertz CT molecular complexity index is 565. The van der Waals surface area contributed by atoms with E-state index < -0.39 is 5.97 Å². The van der Waals surface area contributed by atoms with Gasteiger partial charge in [-0.1, -0.05) is 11.6 Å². The van der Waals surface area contributed by atoms with Crippen LogP contribution in [0.1, 0.15) is 10.5 Å². The van der Waals surface area contributed by atoms with Gasteiger partial charge in [0, 0.05) is 0 Å². The maximum Gasteiger partial charge on any atom is 0.358 e. The number of esters is 1. The molecule has 1 aromatic heterocycles. The van der Waals surface area contributed by atoms with Gasteiger partial charge in [0.05, 0.1) is 19.1 Å². The standard InChI is InChI=1S/C12H10ClNO3S/c1-16-8-5-3-7(4-6-8)10-9(11(15)17-2)14-12(13)18-10/h3-6H,1-2H3. The summed E-state index contributed by atoms with van der Waals surface area (Å²) in [6.07, 6.45) is 0. The van der Waals surface area contributed by atoms with Crippen molar-refractivity contribution in [3.05, 3.63) is 34.4 Å². The van der Waals surface area contributed by atoms with E-state index in [1.807, 2.05) is 24.3 Å². The van der Waals surface area contributed by atoms with E-state index in [0.717, 1.165) is 11.3 Å². The van der Waals surface area contributed by atoms with Crippen molar-refractivity contribution >= 4 is 28.9 Å². The van der Waals surface area contributed by atoms with Crippen LogP contribution in [0, 0.1) is 0 Å². The Labute approximate surface area is 113 Å². The van der Waals surface area contributed by atoms with E-state index in [0.29, 0.717) is 9.34 Å². The van der Waals surface area contributed by atoms with Crippen molar-refractivity contribution in [3.8, 4) is 16.2 Å². The molecule has 6 heteroatoms. The minimum absolute atomic E-state index is 0.234. The molecule has 0 saturated carbocycles. The summed E-state index contributed by atoms with van der Waals surface area (Å²) in [6.45, 7) is 0. The fourth-order valence-corrected chi connectivity index (χ4v) is 2.57. The Morgan fingerprint density at radius 3 is 2.50 bits per heavy atom. The molecule has 2 rings (SSSR count). The lowest BCUT2D eigenvalue weighted by atomic mass is 10.1. The number of benzene rings is 1. The second kappa shape index (κ2) is 5.37. The smallest absolute Gasteiger partial charge is 0.358 e. The summed E-state index contributed by atoms with van der Waals surface area (Å²) in [5.41, 5.74) is 1.08. The van der Waals surface area contributed by atoms with Gasteiger partial charge in [0.2, 0.25) is 0 Å². The second-order valence-electron chi connectivity index (χ2n) is 3.36. The molecule has 0 aliphatic carbocycles. The Balaban J connectivity index is 2.45. The Hall–Kier alpha value is -1.59. The summed E-state index contributed by atoms with van der Waals surface area (Å²) in [6, 6.07) is 7.30. The van der Waals surface area contributed by atoms with Gasteiger partial charge in [0.25, 0.3) is 0 Å². The minimum atomic E-state index is -0.496. The maximum absolute atomic E-state index is 11.6. The first-order valence-electron chi connectivity index (χ1n) is 5.04. The van der Waals surface area contributed by atoms with E-state index >= 15 is 0 Å². The highest BCUT2D eigenvalue weighted by Crippen LogP contribution is 2.34. The Morgan fingerprint density at radius 2 is 1.94 bits per heavy atom. The summed E-state index contributed by atoms with van der Waals surface area (Å²) in [5, 5.41) is 0. The number of ether oxygens (including phenoxy) is 2. The molecule has 94 valence electrons. The second-order valence-corrected chi connectivity index (χ2v) is 4.95. The molecule has 0 aliphatic heterocycles. The van der Waals surface area contributed by atoms with E-state index in [9.17, 15) is 4.79 Å². The molecule has 0 fully saturated rings. The largest absolute Gasteiger partial charge is 0.497 e. The van der Waals surface area contributed by atoms with Crippen LogP contribution >= 0.6 is 22.9 Å². The number of nitrogens with zero attached hydrogens (tertiary/aromatic N) is 1. The number of thiazole rings is 1. The average Bonchev–Trinajstić information content (AvgIpc) is 2.80. The molecule has 0 spiro atoms. The molecule has 2 aromatic rings. The minimum Gasteiger partial charge on any atom is -0.497 e. The third-order valence-electron chi connectivity index (χ3n) is 2.33. The van der Waals surface area contributed by atoms with E-state index in [-0.39, 0.29) is 5.69 Å². The third-order valence-corrected chi connectivity index (χ3v) is 3.54. The van der Waals surface area contributed by atoms with Gasteiger partial charge in [0.15, 0.2) is 10.2 Å². The molecule has 4 nitrogen and oxygen atoms in total. The number of hydrogen-bond donors (Lipinski definition) is 0. The Morgan fingerprint density at radius 1 is 1.28 bits per heavy atom. The van der Waals surface area contributed by atoms with Crippen LogP contribution in [0.3, 0.4) is 0 Å². The fourth-order valence-electron chi connectivity index (χ4n) is 1.47. The molecule has 18 heavy (non-hydrogen) atoms. The van der Waals surface area contributed by atoms with Crippen molar-refractivity contribution in [2.24, 2.45) is 0 Å². The summed E-state index contributed by atoms with van der Waals surface area (Å²) in [7, 11) is 2.91. The van der Waals surface area contributed by atoms with Crippen LogP contribution < -0.4 is 4.74 Å². The average molecular weight is 284 g/mol. The summed E-state index contributed by atoms with van der Waals surface area (Å²) in [5.74, 6) is 0.248. The van der Waals surface area contributed by atoms with Crippen molar-refractivity contribution < 1.29 is 14.3 Å². The maximum atomic E-state index is 11.6. The van der Waals surface area contributed by atoms with Gasteiger partial charge in [-0.3, -0.25) is 0 Å². The molecule has 1 heterocycles. The number of aromatic nitrogens is 1. The van der Waals surface area contributed by atoms with E-state index in [2.05, 4.69) is 9.72 Å². The number of hydrogen-bond acceptors (Lipinski definition) is 5. The van der Waals surface area contributed by atoms with E-state index in [1.54, 1.807) is 7.11 Å². The fraction of sp³-hybridized carbons (Fsp3) is 0.167. The first-order chi connectivity index (χ1) is 8.65. The SMILES string of the molecule is COC(=O)c1nc(Cl)sc1-c1ccc(OC)cc1. The molecular formula is C12H10ClNO3S. The van der Waals surface area contributed by atoms with Crippen LogP contribution in [-0.2, 0) is 4.74 Å². The molecule has 0 atom stereocenters. The lowest BCUT2D eigenvalue weighted by Crippen LogP contribution is -2.03. The van der Waals surface area contributed by atoms with Gasteiger partial charge in [0.1, 0.15) is 5.75 Å². The zero-order valence-corrected chi connectivity index (χ0v) is 11.3. The van der Waals surface area contributed by atoms with Gasteiger partial charge in [-0.2, -0.15) is 0 Å². The summed E-state index contributed by atoms with van der Waals surface area (Å²) in [4.78, 5) is 16.3. The molecular weight excluding hydrogens is 274 g/mol. The summed E-state index contributed by atoms with van der Waals surface area (Å²) >= 11 is 7.09. The highest BCUT2D eigenvalue weighted by atomic mass is 35.5. The van der Waals surface area contributed by atoms with Crippen molar-refractivity contribution in [1.82, 2.24) is 4.98 Å². The molecule has 0 N–H and O–H groups in total. The zero-order valence-electron chi connectivity index (χ0n) is 9.77. The van der Waals surface area contributed by atoms with Crippen molar-refractivity contribution in [2.75, 3.05) is 14.2 Å². The molecule has 0 radical (unpaired) electrons. The Kier molecular flexibility index (Phi) is 3.84. The predicted octanol–water partition coefficient (Wildman–Crippen LogP) is 3.26. The topological polar surface area (TPSA) is 48.4 Å². The number of rotatable bonds is 3. The monoisotopic (exact) mass is 283 g/mol. The van der Waals surface area contributed by atoms with Gasteiger partial charge in [-0.05, 0) is 29.8 Å². The van der Waals surface area contributed by atoms with E-state index in [4.69, 9.17) is 16.3 Å². The summed E-state index contributed by atoms with van der Waals surface area (Å²) < 4.78 is 10.1. The van der Waals surface area contributed by atoms with Crippen LogP contribution in [0.4, 0.5) is 0 Å². The zero-order chi connectivity index (χ0) is 13.1. The van der Waals surface area contributed by atoms with Crippen molar-refractivity contribution in [2.45, 2.75) is 0 Å². The highest BCUT2D eigenvalue weighted by molar-refractivity contribution is 7.19. The molecule has 1 aromatic carbocycles. The van der Waals surface area contributed by atoms with Crippen LogP contribution in [0.5, 0.6) is 5.75 Å². The number of carbonyl (C=O) groups is 1. The normalized spacial score (nSPS) is 10.2. The van der Waals surface area contributed by atoms with Crippen LogP contribution in [0.15, 0.2) is 24.3 Å². The lowest BCUT2D eigenvalue weighted by molar-refractivity contribution is 0.0596. The highest BCUT2D eigenvalue weighted by Gasteiger charge is 2.19. The molecule has 0 saturated heterocycles.